The van der Waals surface area contributed by atoms with Gasteiger partial charge in [-0.05, 0) is 35.4 Å². The van der Waals surface area contributed by atoms with Crippen molar-refractivity contribution in [3.63, 3.8) is 0 Å². The monoisotopic (exact) mass is 404 g/mol. The highest BCUT2D eigenvalue weighted by Crippen LogP contribution is 2.34. The van der Waals surface area contributed by atoms with E-state index in [-0.39, 0.29) is 5.56 Å². The summed E-state index contributed by atoms with van der Waals surface area (Å²) in [6, 6.07) is 6.11. The van der Waals surface area contributed by atoms with Gasteiger partial charge in [-0.25, -0.2) is 4.39 Å². The second kappa shape index (κ2) is 8.26. The molecule has 0 saturated carbocycles. The first-order chi connectivity index (χ1) is 13.8. The molecule has 0 saturated heterocycles. The third kappa shape index (κ3) is 4.68. The number of anilines is 1. The van der Waals surface area contributed by atoms with Crippen molar-refractivity contribution >= 4 is 11.9 Å². The molecule has 1 aromatic carbocycles. The first-order valence-electron chi connectivity index (χ1n) is 8.41. The van der Waals surface area contributed by atoms with E-state index >= 15 is 0 Å². The molecular weight excluding hydrogens is 388 g/mol. The van der Waals surface area contributed by atoms with Gasteiger partial charge >= 0.3 is 6.18 Å². The lowest BCUT2D eigenvalue weighted by molar-refractivity contribution is -0.139. The number of pyridine rings is 2. The summed E-state index contributed by atoms with van der Waals surface area (Å²) in [5.41, 5.74) is 0.720. The Morgan fingerprint density at radius 1 is 1.10 bits per heavy atom. The quantitative estimate of drug-likeness (QED) is 0.452. The molecule has 0 unspecified atom stereocenters. The summed E-state index contributed by atoms with van der Waals surface area (Å²) in [6.07, 6.45) is 0.755. The number of ether oxygens (including phenoxy) is 1. The smallest absolute Gasteiger partial charge is 0.419 e. The minimum atomic E-state index is -4.80. The Balaban J connectivity index is 1.92. The van der Waals surface area contributed by atoms with Gasteiger partial charge in [-0.2, -0.15) is 13.2 Å². The van der Waals surface area contributed by atoms with Gasteiger partial charge in [0.2, 0.25) is 0 Å². The van der Waals surface area contributed by atoms with Gasteiger partial charge in [-0.15, -0.1) is 0 Å². The van der Waals surface area contributed by atoms with Gasteiger partial charge in [0, 0.05) is 30.7 Å². The van der Waals surface area contributed by atoms with Crippen molar-refractivity contribution in [3.8, 4) is 16.9 Å². The zero-order valence-electron chi connectivity index (χ0n) is 15.2. The van der Waals surface area contributed by atoms with Gasteiger partial charge in [-0.3, -0.25) is 9.97 Å². The SMILES string of the molecule is COc1cncc(CNc2cc(-c3ccc(F)c(C(F)(F)F)c3)cnc2C=N)c1. The average Bonchev–Trinajstić information content (AvgIpc) is 2.71. The molecule has 29 heavy (non-hydrogen) atoms. The van der Waals surface area contributed by atoms with Gasteiger partial charge < -0.3 is 15.5 Å². The van der Waals surface area contributed by atoms with Crippen LogP contribution in [0.3, 0.4) is 0 Å². The van der Waals surface area contributed by atoms with Crippen LogP contribution in [-0.2, 0) is 12.7 Å². The van der Waals surface area contributed by atoms with Crippen molar-refractivity contribution in [2.75, 3.05) is 12.4 Å². The fourth-order valence-corrected chi connectivity index (χ4v) is 2.68. The molecule has 2 N–H and O–H groups in total. The van der Waals surface area contributed by atoms with E-state index in [0.29, 0.717) is 29.2 Å². The second-order valence-electron chi connectivity index (χ2n) is 6.08. The summed E-state index contributed by atoms with van der Waals surface area (Å²) in [5, 5.41) is 10.6. The summed E-state index contributed by atoms with van der Waals surface area (Å²) in [6.45, 7) is 0.327. The fraction of sp³-hybridized carbons (Fsp3) is 0.150. The number of methoxy groups -OCH3 is 1. The second-order valence-corrected chi connectivity index (χ2v) is 6.08. The molecule has 150 valence electrons. The largest absolute Gasteiger partial charge is 0.495 e. The van der Waals surface area contributed by atoms with Gasteiger partial charge in [0.1, 0.15) is 17.3 Å². The molecule has 0 aliphatic carbocycles. The van der Waals surface area contributed by atoms with E-state index in [1.54, 1.807) is 24.5 Å². The Kier molecular flexibility index (Phi) is 5.76. The molecule has 2 heterocycles. The van der Waals surface area contributed by atoms with Crippen LogP contribution in [0.15, 0.2) is 48.9 Å². The fourth-order valence-electron chi connectivity index (χ4n) is 2.68. The maximum Gasteiger partial charge on any atom is 0.419 e. The highest BCUT2D eigenvalue weighted by molar-refractivity contribution is 5.85. The topological polar surface area (TPSA) is 70.9 Å². The minimum Gasteiger partial charge on any atom is -0.495 e. The van der Waals surface area contributed by atoms with Crippen LogP contribution in [0.4, 0.5) is 23.2 Å². The number of alkyl halides is 3. The van der Waals surface area contributed by atoms with Crippen LogP contribution in [0.1, 0.15) is 16.8 Å². The lowest BCUT2D eigenvalue weighted by Crippen LogP contribution is -2.08. The number of hydrogen-bond donors (Lipinski definition) is 2. The molecule has 0 fully saturated rings. The molecule has 0 amide bonds. The normalized spacial score (nSPS) is 11.2. The number of benzene rings is 1. The number of hydrogen-bond acceptors (Lipinski definition) is 5. The maximum atomic E-state index is 13.6. The zero-order valence-corrected chi connectivity index (χ0v) is 15.2. The standard InChI is InChI=1S/C20H16F4N4O/c1-29-15-4-12(8-26-11-15)9-27-18-6-14(10-28-19(18)7-25)13-2-3-17(21)16(5-13)20(22,23)24/h2-8,10-11,25,27H,9H2,1H3. The molecule has 5 nitrogen and oxygen atoms in total. The summed E-state index contributed by atoms with van der Waals surface area (Å²) in [7, 11) is 1.52. The van der Waals surface area contributed by atoms with E-state index in [4.69, 9.17) is 10.1 Å². The van der Waals surface area contributed by atoms with Crippen LogP contribution in [0.2, 0.25) is 0 Å². The number of nitrogens with one attached hydrogen (secondary N) is 2. The Bertz CT molecular complexity index is 1040. The van der Waals surface area contributed by atoms with Gasteiger partial charge in [-0.1, -0.05) is 6.07 Å². The van der Waals surface area contributed by atoms with E-state index in [9.17, 15) is 17.6 Å². The Hall–Kier alpha value is -3.49. The summed E-state index contributed by atoms with van der Waals surface area (Å²) < 4.78 is 57.7. The predicted octanol–water partition coefficient (Wildman–Crippen LogP) is 4.92. The highest BCUT2D eigenvalue weighted by Gasteiger charge is 2.34. The van der Waals surface area contributed by atoms with Crippen LogP contribution in [0.25, 0.3) is 11.1 Å². The molecule has 0 spiro atoms. The average molecular weight is 404 g/mol. The number of nitrogens with zero attached hydrogens (tertiary/aromatic N) is 2. The zero-order chi connectivity index (χ0) is 21.0. The molecule has 3 aromatic rings. The van der Waals surface area contributed by atoms with E-state index in [1.165, 1.54) is 19.4 Å². The van der Waals surface area contributed by atoms with Crippen molar-refractivity contribution in [1.29, 1.82) is 5.41 Å². The molecule has 0 aliphatic heterocycles. The Morgan fingerprint density at radius 3 is 2.59 bits per heavy atom. The van der Waals surface area contributed by atoms with Crippen LogP contribution < -0.4 is 10.1 Å². The lowest BCUT2D eigenvalue weighted by Gasteiger charge is -2.13. The van der Waals surface area contributed by atoms with Gasteiger partial charge in [0.15, 0.2) is 0 Å². The van der Waals surface area contributed by atoms with Crippen LogP contribution >= 0.6 is 0 Å². The van der Waals surface area contributed by atoms with E-state index in [1.807, 2.05) is 0 Å². The van der Waals surface area contributed by atoms with Crippen molar-refractivity contribution in [1.82, 2.24) is 9.97 Å². The highest BCUT2D eigenvalue weighted by atomic mass is 19.4. The molecular formula is C20H16F4N4O. The summed E-state index contributed by atoms with van der Waals surface area (Å²) in [5.74, 6) is -0.761. The lowest BCUT2D eigenvalue weighted by atomic mass is 10.0. The Morgan fingerprint density at radius 2 is 1.90 bits per heavy atom. The molecule has 0 atom stereocenters. The van der Waals surface area contributed by atoms with E-state index in [0.717, 1.165) is 23.9 Å². The third-order valence-electron chi connectivity index (χ3n) is 4.15. The maximum absolute atomic E-state index is 13.6. The van der Waals surface area contributed by atoms with Crippen molar-refractivity contribution in [2.45, 2.75) is 12.7 Å². The Labute approximate surface area is 163 Å². The minimum absolute atomic E-state index is 0.161. The van der Waals surface area contributed by atoms with E-state index in [2.05, 4.69) is 15.3 Å². The van der Waals surface area contributed by atoms with Crippen molar-refractivity contribution < 1.29 is 22.3 Å². The van der Waals surface area contributed by atoms with Crippen LogP contribution in [0, 0.1) is 11.2 Å². The molecule has 3 rings (SSSR count). The molecule has 9 heteroatoms. The number of halogens is 4. The molecule has 2 aromatic heterocycles. The first kappa shape index (κ1) is 20.2. The van der Waals surface area contributed by atoms with Crippen LogP contribution in [0.5, 0.6) is 5.75 Å². The summed E-state index contributed by atoms with van der Waals surface area (Å²) in [4.78, 5) is 8.16. The number of aromatic nitrogens is 2. The first-order valence-corrected chi connectivity index (χ1v) is 8.41. The van der Waals surface area contributed by atoms with E-state index < -0.39 is 17.6 Å². The molecule has 0 radical (unpaired) electrons. The molecule has 0 aliphatic rings. The van der Waals surface area contributed by atoms with Crippen molar-refractivity contribution in [2.24, 2.45) is 0 Å². The van der Waals surface area contributed by atoms with Crippen molar-refractivity contribution in [3.05, 3.63) is 71.6 Å². The molecule has 0 bridgehead atoms. The predicted molar refractivity (Wildman–Crippen MR) is 101 cm³/mol. The summed E-state index contributed by atoms with van der Waals surface area (Å²) >= 11 is 0. The number of rotatable bonds is 6. The van der Waals surface area contributed by atoms with Crippen LogP contribution in [-0.4, -0.2) is 23.3 Å². The third-order valence-corrected chi connectivity index (χ3v) is 4.15. The van der Waals surface area contributed by atoms with Gasteiger partial charge in [0.25, 0.3) is 0 Å². The van der Waals surface area contributed by atoms with Gasteiger partial charge in [0.05, 0.1) is 24.6 Å².